The molecule has 25 heavy (non-hydrogen) atoms. The maximum absolute atomic E-state index is 12.4. The summed E-state index contributed by atoms with van der Waals surface area (Å²) in [6.07, 6.45) is 1.34. The van der Waals surface area contributed by atoms with E-state index in [0.717, 1.165) is 12.8 Å². The number of aliphatic hydroxyl groups is 1. The molecule has 8 nitrogen and oxygen atoms in total. The van der Waals surface area contributed by atoms with Gasteiger partial charge in [0, 0.05) is 13.1 Å². The minimum atomic E-state index is -1.17. The lowest BCUT2D eigenvalue weighted by Crippen LogP contribution is -2.57. The van der Waals surface area contributed by atoms with E-state index in [0.29, 0.717) is 12.3 Å². The molecule has 0 radical (unpaired) electrons. The van der Waals surface area contributed by atoms with Crippen LogP contribution in [0.1, 0.15) is 47.0 Å². The van der Waals surface area contributed by atoms with E-state index >= 15 is 0 Å². The Kier molecular flexibility index (Phi) is 11.2. The average Bonchev–Trinajstić information content (AvgIpc) is 2.52. The summed E-state index contributed by atoms with van der Waals surface area (Å²) in [6.45, 7) is 7.03. The molecular weight excluding hydrogens is 324 g/mol. The number of ketones is 1. The maximum atomic E-state index is 12.4. The number of rotatable bonds is 12. The number of nitrogens with one attached hydrogen (secondary N) is 2. The first-order valence-electron chi connectivity index (χ1n) is 8.83. The van der Waals surface area contributed by atoms with Crippen molar-refractivity contribution in [2.75, 3.05) is 13.1 Å². The predicted molar refractivity (Wildman–Crippen MR) is 96.5 cm³/mol. The molecular formula is C17H34N4O4. The van der Waals surface area contributed by atoms with E-state index in [1.54, 1.807) is 0 Å². The SMILES string of the molecule is CC(=O)[C@H](CN)NC(=O)[C@@H](NC(=O)C(CN)CCCC(C)C)[C@H](C)O. The molecule has 0 aromatic heterocycles. The molecule has 0 aliphatic rings. The molecule has 7 N–H and O–H groups in total. The second-order valence-corrected chi connectivity index (χ2v) is 6.89. The largest absolute Gasteiger partial charge is 0.391 e. The molecule has 0 saturated carbocycles. The summed E-state index contributed by atoms with van der Waals surface area (Å²) >= 11 is 0. The molecule has 1 unspecified atom stereocenters. The van der Waals surface area contributed by atoms with Gasteiger partial charge in [-0.25, -0.2) is 0 Å². The Morgan fingerprint density at radius 3 is 1.96 bits per heavy atom. The van der Waals surface area contributed by atoms with Crippen molar-refractivity contribution in [2.45, 2.75) is 65.1 Å². The van der Waals surface area contributed by atoms with Gasteiger partial charge in [-0.2, -0.15) is 0 Å². The normalized spacial score (nSPS) is 16.0. The van der Waals surface area contributed by atoms with E-state index in [9.17, 15) is 19.5 Å². The second-order valence-electron chi connectivity index (χ2n) is 6.89. The number of aliphatic hydroxyl groups excluding tert-OH is 1. The predicted octanol–water partition coefficient (Wildman–Crippen LogP) is -0.714. The van der Waals surface area contributed by atoms with Crippen LogP contribution in [0.3, 0.4) is 0 Å². The van der Waals surface area contributed by atoms with Crippen molar-refractivity contribution in [2.24, 2.45) is 23.3 Å². The van der Waals surface area contributed by atoms with Gasteiger partial charge in [0.2, 0.25) is 11.8 Å². The van der Waals surface area contributed by atoms with Crippen molar-refractivity contribution in [3.8, 4) is 0 Å². The fourth-order valence-corrected chi connectivity index (χ4v) is 2.39. The summed E-state index contributed by atoms with van der Waals surface area (Å²) in [6, 6.07) is -2.01. The zero-order valence-corrected chi connectivity index (χ0v) is 15.7. The zero-order chi connectivity index (χ0) is 19.6. The highest BCUT2D eigenvalue weighted by Crippen LogP contribution is 2.13. The van der Waals surface area contributed by atoms with E-state index in [1.165, 1.54) is 13.8 Å². The Labute approximate surface area is 150 Å². The fourth-order valence-electron chi connectivity index (χ4n) is 2.39. The monoisotopic (exact) mass is 358 g/mol. The topological polar surface area (TPSA) is 148 Å². The van der Waals surface area contributed by atoms with E-state index in [4.69, 9.17) is 11.5 Å². The van der Waals surface area contributed by atoms with E-state index < -0.39 is 30.0 Å². The highest BCUT2D eigenvalue weighted by molar-refractivity contribution is 5.92. The van der Waals surface area contributed by atoms with Gasteiger partial charge in [0.05, 0.1) is 18.1 Å². The quantitative estimate of drug-likeness (QED) is 0.311. The third-order valence-electron chi connectivity index (χ3n) is 4.09. The van der Waals surface area contributed by atoms with Crippen molar-refractivity contribution < 1.29 is 19.5 Å². The lowest BCUT2D eigenvalue weighted by Gasteiger charge is -2.25. The van der Waals surface area contributed by atoms with Crippen LogP contribution in [0.2, 0.25) is 0 Å². The minimum Gasteiger partial charge on any atom is -0.391 e. The lowest BCUT2D eigenvalue weighted by atomic mass is 9.97. The molecule has 0 rings (SSSR count). The van der Waals surface area contributed by atoms with Crippen molar-refractivity contribution in [1.29, 1.82) is 0 Å². The molecule has 4 atom stereocenters. The number of hydrogen-bond acceptors (Lipinski definition) is 6. The van der Waals surface area contributed by atoms with Gasteiger partial charge in [0.15, 0.2) is 5.78 Å². The zero-order valence-electron chi connectivity index (χ0n) is 15.7. The Hall–Kier alpha value is -1.51. The number of carbonyl (C=O) groups is 3. The van der Waals surface area contributed by atoms with Gasteiger partial charge in [-0.1, -0.05) is 26.7 Å². The Morgan fingerprint density at radius 2 is 1.56 bits per heavy atom. The van der Waals surface area contributed by atoms with Crippen LogP contribution in [0, 0.1) is 11.8 Å². The smallest absolute Gasteiger partial charge is 0.245 e. The van der Waals surface area contributed by atoms with Crippen molar-refractivity contribution >= 4 is 17.6 Å². The molecule has 2 amide bonds. The molecule has 0 aliphatic heterocycles. The highest BCUT2D eigenvalue weighted by atomic mass is 16.3. The molecule has 0 aliphatic carbocycles. The maximum Gasteiger partial charge on any atom is 0.245 e. The van der Waals surface area contributed by atoms with E-state index in [-0.39, 0.29) is 24.8 Å². The lowest BCUT2D eigenvalue weighted by molar-refractivity contribution is -0.134. The third kappa shape index (κ3) is 8.94. The summed E-state index contributed by atoms with van der Waals surface area (Å²) in [5.41, 5.74) is 11.1. The Balaban J connectivity index is 4.84. The number of Topliss-reactive ketones (excluding diaryl/α,β-unsaturated/α-hetero) is 1. The van der Waals surface area contributed by atoms with Gasteiger partial charge in [0.1, 0.15) is 6.04 Å². The van der Waals surface area contributed by atoms with Crippen molar-refractivity contribution in [3.63, 3.8) is 0 Å². The molecule has 0 aromatic carbocycles. The van der Waals surface area contributed by atoms with E-state index in [1.807, 2.05) is 0 Å². The summed E-state index contributed by atoms with van der Waals surface area (Å²) in [5.74, 6) is -1.20. The molecule has 8 heteroatoms. The number of nitrogens with two attached hydrogens (primary N) is 2. The summed E-state index contributed by atoms with van der Waals surface area (Å²) in [7, 11) is 0. The van der Waals surface area contributed by atoms with Crippen LogP contribution >= 0.6 is 0 Å². The number of hydrogen-bond donors (Lipinski definition) is 5. The standard InChI is InChI=1S/C17H34N4O4/c1-10(2)6-5-7-13(8-18)16(24)21-15(12(4)23)17(25)20-14(9-19)11(3)22/h10,12-15,23H,5-9,18-19H2,1-4H3,(H,20,25)(H,21,24)/t12-,13?,14-,15-/m0/s1. The summed E-state index contributed by atoms with van der Waals surface area (Å²) in [4.78, 5) is 36.1. The van der Waals surface area contributed by atoms with Crippen LogP contribution in [-0.4, -0.2) is 54.0 Å². The van der Waals surface area contributed by atoms with Crippen LogP contribution in [0.4, 0.5) is 0 Å². The van der Waals surface area contributed by atoms with Crippen LogP contribution in [0.25, 0.3) is 0 Å². The Bertz CT molecular complexity index is 440. The van der Waals surface area contributed by atoms with Crippen LogP contribution in [-0.2, 0) is 14.4 Å². The average molecular weight is 358 g/mol. The van der Waals surface area contributed by atoms with Crippen molar-refractivity contribution in [3.05, 3.63) is 0 Å². The molecule has 146 valence electrons. The van der Waals surface area contributed by atoms with Gasteiger partial charge in [-0.05, 0) is 26.2 Å². The fraction of sp³-hybridized carbons (Fsp3) is 0.824. The van der Waals surface area contributed by atoms with Gasteiger partial charge in [-0.3, -0.25) is 14.4 Å². The van der Waals surface area contributed by atoms with Crippen LogP contribution in [0.5, 0.6) is 0 Å². The van der Waals surface area contributed by atoms with Gasteiger partial charge in [0.25, 0.3) is 0 Å². The number of carbonyl (C=O) groups excluding carboxylic acids is 3. The first kappa shape index (κ1) is 23.5. The molecule has 0 bridgehead atoms. The molecule has 0 heterocycles. The van der Waals surface area contributed by atoms with E-state index in [2.05, 4.69) is 24.5 Å². The second kappa shape index (κ2) is 11.9. The first-order chi connectivity index (χ1) is 11.6. The minimum absolute atomic E-state index is 0.0534. The Morgan fingerprint density at radius 1 is 0.960 bits per heavy atom. The third-order valence-corrected chi connectivity index (χ3v) is 4.09. The molecule has 0 aromatic rings. The van der Waals surface area contributed by atoms with Gasteiger partial charge in [-0.15, -0.1) is 0 Å². The highest BCUT2D eigenvalue weighted by Gasteiger charge is 2.30. The van der Waals surface area contributed by atoms with Gasteiger partial charge >= 0.3 is 0 Å². The van der Waals surface area contributed by atoms with Crippen LogP contribution in [0.15, 0.2) is 0 Å². The van der Waals surface area contributed by atoms with Gasteiger partial charge < -0.3 is 27.2 Å². The summed E-state index contributed by atoms with van der Waals surface area (Å²) in [5, 5.41) is 14.8. The first-order valence-corrected chi connectivity index (χ1v) is 8.83. The molecule has 0 saturated heterocycles. The molecule has 0 spiro atoms. The number of amides is 2. The van der Waals surface area contributed by atoms with Crippen molar-refractivity contribution in [1.82, 2.24) is 10.6 Å². The summed E-state index contributed by atoms with van der Waals surface area (Å²) < 4.78 is 0. The van der Waals surface area contributed by atoms with Crippen LogP contribution < -0.4 is 22.1 Å². The molecule has 0 fully saturated rings.